The quantitative estimate of drug-likeness (QED) is 0.555. The molecule has 2 rings (SSSR count). The van der Waals surface area contributed by atoms with Crippen molar-refractivity contribution in [2.24, 2.45) is 0 Å². The first-order valence-electron chi connectivity index (χ1n) is 9.00. The molecule has 0 saturated carbocycles. The van der Waals surface area contributed by atoms with Crippen LogP contribution in [-0.2, 0) is 19.7 Å². The van der Waals surface area contributed by atoms with E-state index in [0.29, 0.717) is 19.4 Å². The Morgan fingerprint density at radius 1 is 1.25 bits per heavy atom. The second-order valence-electron chi connectivity index (χ2n) is 7.11. The summed E-state index contributed by atoms with van der Waals surface area (Å²) >= 11 is 0. The standard InChI is InChI=1S/C20H29NO3/c1-5-7-8-13-17(19(23)24-6-2)21-16-12-10-9-11-15(16)20(3,4)14-18(21)22/h9-12,17H,5-8,13-14H2,1-4H3. The van der Waals surface area contributed by atoms with Crippen molar-refractivity contribution in [2.45, 2.75) is 71.3 Å². The topological polar surface area (TPSA) is 46.6 Å². The van der Waals surface area contributed by atoms with E-state index in [1.54, 1.807) is 11.8 Å². The molecule has 0 aromatic heterocycles. The molecule has 132 valence electrons. The van der Waals surface area contributed by atoms with Gasteiger partial charge >= 0.3 is 5.97 Å². The van der Waals surface area contributed by atoms with Crippen LogP contribution in [0.1, 0.15) is 65.4 Å². The molecule has 4 nitrogen and oxygen atoms in total. The minimum atomic E-state index is -0.527. The van der Waals surface area contributed by atoms with Crippen LogP contribution in [0.5, 0.6) is 0 Å². The minimum absolute atomic E-state index is 0.00764. The van der Waals surface area contributed by atoms with Crippen molar-refractivity contribution in [1.29, 1.82) is 0 Å². The molecule has 24 heavy (non-hydrogen) atoms. The third kappa shape index (κ3) is 3.80. The zero-order chi connectivity index (χ0) is 17.7. The van der Waals surface area contributed by atoms with Gasteiger partial charge in [-0.25, -0.2) is 4.79 Å². The number of unbranched alkanes of at least 4 members (excludes halogenated alkanes) is 2. The van der Waals surface area contributed by atoms with Crippen LogP contribution in [0.4, 0.5) is 5.69 Å². The van der Waals surface area contributed by atoms with Crippen LogP contribution in [0.2, 0.25) is 0 Å². The number of para-hydroxylation sites is 1. The third-order valence-corrected chi connectivity index (χ3v) is 4.71. The molecule has 0 aliphatic carbocycles. The van der Waals surface area contributed by atoms with Crippen molar-refractivity contribution in [1.82, 2.24) is 0 Å². The molecule has 1 atom stereocenters. The van der Waals surface area contributed by atoms with Crippen molar-refractivity contribution in [3.8, 4) is 0 Å². The maximum atomic E-state index is 12.9. The summed E-state index contributed by atoms with van der Waals surface area (Å²) in [6.07, 6.45) is 4.09. The van der Waals surface area contributed by atoms with E-state index < -0.39 is 6.04 Å². The van der Waals surface area contributed by atoms with Crippen LogP contribution in [-0.4, -0.2) is 24.5 Å². The molecular weight excluding hydrogens is 302 g/mol. The number of nitrogens with zero attached hydrogens (tertiary/aromatic N) is 1. The van der Waals surface area contributed by atoms with Crippen LogP contribution in [0, 0.1) is 0 Å². The third-order valence-electron chi connectivity index (χ3n) is 4.71. The predicted molar refractivity (Wildman–Crippen MR) is 96.1 cm³/mol. The average Bonchev–Trinajstić information content (AvgIpc) is 2.53. The molecule has 0 N–H and O–H groups in total. The van der Waals surface area contributed by atoms with Gasteiger partial charge in [0, 0.05) is 17.5 Å². The predicted octanol–water partition coefficient (Wildman–Crippen LogP) is 4.21. The van der Waals surface area contributed by atoms with Crippen molar-refractivity contribution in [2.75, 3.05) is 11.5 Å². The van der Waals surface area contributed by atoms with Gasteiger partial charge in [0.2, 0.25) is 5.91 Å². The van der Waals surface area contributed by atoms with Gasteiger partial charge in [0.1, 0.15) is 6.04 Å². The van der Waals surface area contributed by atoms with E-state index in [4.69, 9.17) is 4.74 Å². The van der Waals surface area contributed by atoms with Gasteiger partial charge in [0.25, 0.3) is 0 Å². The molecule has 1 heterocycles. The highest BCUT2D eigenvalue weighted by atomic mass is 16.5. The molecule has 0 bridgehead atoms. The number of ether oxygens (including phenoxy) is 1. The molecule has 1 amide bonds. The van der Waals surface area contributed by atoms with Crippen LogP contribution >= 0.6 is 0 Å². The van der Waals surface area contributed by atoms with E-state index in [-0.39, 0.29) is 17.3 Å². The number of carbonyl (C=O) groups excluding carboxylic acids is 2. The number of esters is 1. The first kappa shape index (κ1) is 18.5. The average molecular weight is 331 g/mol. The van der Waals surface area contributed by atoms with E-state index in [0.717, 1.165) is 30.5 Å². The number of hydrogen-bond acceptors (Lipinski definition) is 3. The van der Waals surface area contributed by atoms with Gasteiger partial charge in [0.05, 0.1) is 6.61 Å². The fraction of sp³-hybridized carbons (Fsp3) is 0.600. The summed E-state index contributed by atoms with van der Waals surface area (Å²) in [5.74, 6) is -0.287. The molecule has 1 unspecified atom stereocenters. The van der Waals surface area contributed by atoms with Gasteiger partial charge in [-0.1, -0.05) is 58.2 Å². The highest BCUT2D eigenvalue weighted by molar-refractivity contribution is 6.02. The van der Waals surface area contributed by atoms with Crippen LogP contribution in [0.15, 0.2) is 24.3 Å². The Morgan fingerprint density at radius 2 is 1.96 bits per heavy atom. The fourth-order valence-corrected chi connectivity index (χ4v) is 3.47. The highest BCUT2D eigenvalue weighted by Gasteiger charge is 2.41. The molecule has 4 heteroatoms. The Kier molecular flexibility index (Phi) is 6.03. The molecule has 0 spiro atoms. The number of amides is 1. The molecular formula is C20H29NO3. The zero-order valence-electron chi connectivity index (χ0n) is 15.3. The Bertz CT molecular complexity index is 594. The lowest BCUT2D eigenvalue weighted by Gasteiger charge is -2.41. The van der Waals surface area contributed by atoms with E-state index in [2.05, 4.69) is 26.8 Å². The summed E-state index contributed by atoms with van der Waals surface area (Å²) in [6, 6.07) is 7.39. The lowest BCUT2D eigenvalue weighted by molar-refractivity contribution is -0.146. The molecule has 1 aliphatic rings. The minimum Gasteiger partial charge on any atom is -0.464 e. The molecule has 0 radical (unpaired) electrons. The number of fused-ring (bicyclic) bond motifs is 1. The van der Waals surface area contributed by atoms with Crippen LogP contribution in [0.25, 0.3) is 0 Å². The number of hydrogen-bond donors (Lipinski definition) is 0. The zero-order valence-corrected chi connectivity index (χ0v) is 15.3. The molecule has 1 aliphatic heterocycles. The number of carbonyl (C=O) groups is 2. The number of anilines is 1. The van der Waals surface area contributed by atoms with Crippen molar-refractivity contribution in [3.05, 3.63) is 29.8 Å². The maximum Gasteiger partial charge on any atom is 0.329 e. The number of rotatable bonds is 7. The Balaban J connectivity index is 2.40. The van der Waals surface area contributed by atoms with Gasteiger partial charge in [0.15, 0.2) is 0 Å². The van der Waals surface area contributed by atoms with Gasteiger partial charge < -0.3 is 4.74 Å². The summed E-state index contributed by atoms with van der Waals surface area (Å²) in [5, 5.41) is 0. The molecule has 1 aromatic rings. The Hall–Kier alpha value is -1.84. The van der Waals surface area contributed by atoms with E-state index in [1.165, 1.54) is 0 Å². The summed E-state index contributed by atoms with van der Waals surface area (Å²) in [5.41, 5.74) is 1.76. The summed E-state index contributed by atoms with van der Waals surface area (Å²) in [6.45, 7) is 8.42. The van der Waals surface area contributed by atoms with Crippen molar-refractivity contribution < 1.29 is 14.3 Å². The molecule has 0 fully saturated rings. The summed E-state index contributed by atoms with van der Waals surface area (Å²) in [4.78, 5) is 27.1. The van der Waals surface area contributed by atoms with Crippen LogP contribution in [0.3, 0.4) is 0 Å². The Labute approximate surface area is 145 Å². The molecule has 1 aromatic carbocycles. The van der Waals surface area contributed by atoms with Gasteiger partial charge in [-0.2, -0.15) is 0 Å². The number of benzene rings is 1. The van der Waals surface area contributed by atoms with E-state index >= 15 is 0 Å². The second-order valence-corrected chi connectivity index (χ2v) is 7.11. The summed E-state index contributed by atoms with van der Waals surface area (Å²) in [7, 11) is 0. The van der Waals surface area contributed by atoms with Gasteiger partial charge in [-0.3, -0.25) is 9.69 Å². The summed E-state index contributed by atoms with van der Waals surface area (Å²) < 4.78 is 5.27. The first-order chi connectivity index (χ1) is 11.4. The van der Waals surface area contributed by atoms with Crippen LogP contribution < -0.4 is 4.90 Å². The van der Waals surface area contributed by atoms with Crippen molar-refractivity contribution in [3.63, 3.8) is 0 Å². The molecule has 0 saturated heterocycles. The largest absolute Gasteiger partial charge is 0.464 e. The lowest BCUT2D eigenvalue weighted by Crippen LogP contribution is -2.51. The van der Waals surface area contributed by atoms with Crippen molar-refractivity contribution >= 4 is 17.6 Å². The van der Waals surface area contributed by atoms with E-state index in [9.17, 15) is 9.59 Å². The van der Waals surface area contributed by atoms with Gasteiger partial charge in [-0.05, 0) is 25.0 Å². The Morgan fingerprint density at radius 3 is 2.62 bits per heavy atom. The van der Waals surface area contributed by atoms with Gasteiger partial charge in [-0.15, -0.1) is 0 Å². The highest BCUT2D eigenvalue weighted by Crippen LogP contribution is 2.41. The lowest BCUT2D eigenvalue weighted by atomic mass is 9.77. The smallest absolute Gasteiger partial charge is 0.329 e. The SMILES string of the molecule is CCCCCC(C(=O)OCC)N1C(=O)CC(C)(C)c2ccccc21. The maximum absolute atomic E-state index is 12.9. The first-order valence-corrected chi connectivity index (χ1v) is 9.00. The second kappa shape index (κ2) is 7.82. The van der Waals surface area contributed by atoms with E-state index in [1.807, 2.05) is 18.2 Å². The normalized spacial score (nSPS) is 17.3. The monoisotopic (exact) mass is 331 g/mol. The fourth-order valence-electron chi connectivity index (χ4n) is 3.47.